The fourth-order valence-electron chi connectivity index (χ4n) is 3.81. The van der Waals surface area contributed by atoms with Gasteiger partial charge in [0.1, 0.15) is 0 Å². The first-order chi connectivity index (χ1) is 14.5. The zero-order chi connectivity index (χ0) is 21.1. The first-order valence-electron chi connectivity index (χ1n) is 9.92. The molecular weight excluding hydrogens is 391 g/mol. The van der Waals surface area contributed by atoms with Crippen LogP contribution >= 0.6 is 0 Å². The lowest BCUT2D eigenvalue weighted by Gasteiger charge is -2.32. The second kappa shape index (κ2) is 8.52. The number of nitrogens with one attached hydrogen (secondary N) is 3. The van der Waals surface area contributed by atoms with E-state index >= 15 is 0 Å². The molecule has 4 N–H and O–H groups in total. The molecular formula is C20H23FN6O3. The number of rotatable bonds is 5. The number of nitrogens with zero attached hydrogens (tertiary/aromatic N) is 3. The number of aryl methyl sites for hydroxylation is 1. The van der Waals surface area contributed by atoms with Crippen LogP contribution in [0.25, 0.3) is 0 Å². The van der Waals surface area contributed by atoms with E-state index in [1.807, 2.05) is 23.1 Å². The number of halogens is 1. The molecule has 1 saturated heterocycles. The number of piperidine rings is 1. The van der Waals surface area contributed by atoms with E-state index in [1.54, 1.807) is 0 Å². The van der Waals surface area contributed by atoms with E-state index in [9.17, 15) is 14.0 Å². The van der Waals surface area contributed by atoms with Gasteiger partial charge in [-0.25, -0.2) is 14.2 Å². The van der Waals surface area contributed by atoms with Crippen LogP contribution < -0.4 is 20.9 Å². The monoisotopic (exact) mass is 414 g/mol. The second-order valence-corrected chi connectivity index (χ2v) is 7.53. The summed E-state index contributed by atoms with van der Waals surface area (Å²) in [5.74, 6) is 0.284. The standard InChI is InChI=1S/C20H23FN6O3/c21-15-11-22-19(24-14-2-3-16-13(9-14)1-4-17(28)25-16)26-18(15)27-7-5-12(6-8-27)10-23-20(29)30/h2-3,9,11-12,23H,1,4-8,10H2,(H,25,28)(H,29,30)(H,22,24,26). The van der Waals surface area contributed by atoms with Gasteiger partial charge < -0.3 is 26.0 Å². The molecule has 0 radical (unpaired) electrons. The maximum Gasteiger partial charge on any atom is 0.404 e. The predicted molar refractivity (Wildman–Crippen MR) is 110 cm³/mol. The number of hydrogen-bond acceptors (Lipinski definition) is 6. The van der Waals surface area contributed by atoms with Gasteiger partial charge >= 0.3 is 6.09 Å². The third-order valence-electron chi connectivity index (χ3n) is 5.44. The van der Waals surface area contributed by atoms with Crippen molar-refractivity contribution in [1.29, 1.82) is 0 Å². The highest BCUT2D eigenvalue weighted by molar-refractivity contribution is 5.94. The second-order valence-electron chi connectivity index (χ2n) is 7.53. The summed E-state index contributed by atoms with van der Waals surface area (Å²) in [6.07, 6.45) is 2.75. The molecule has 1 aromatic carbocycles. The molecule has 1 aromatic heterocycles. The van der Waals surface area contributed by atoms with E-state index in [4.69, 9.17) is 5.11 Å². The molecule has 30 heavy (non-hydrogen) atoms. The van der Waals surface area contributed by atoms with E-state index < -0.39 is 11.9 Å². The number of fused-ring (bicyclic) bond motifs is 1. The Morgan fingerprint density at radius 2 is 2.10 bits per heavy atom. The molecule has 0 unspecified atom stereocenters. The Labute approximate surface area is 172 Å². The molecule has 0 aliphatic carbocycles. The summed E-state index contributed by atoms with van der Waals surface area (Å²) in [6.45, 7) is 1.59. The zero-order valence-electron chi connectivity index (χ0n) is 16.3. The first kappa shape index (κ1) is 19.9. The molecule has 0 saturated carbocycles. The molecule has 2 aliphatic heterocycles. The van der Waals surface area contributed by atoms with Crippen LogP contribution in [-0.4, -0.2) is 46.7 Å². The van der Waals surface area contributed by atoms with Crippen molar-refractivity contribution in [2.75, 3.05) is 35.2 Å². The average Bonchev–Trinajstić information content (AvgIpc) is 2.74. The quantitative estimate of drug-likeness (QED) is 0.594. The molecule has 2 aromatic rings. The molecule has 158 valence electrons. The number of amides is 2. The number of carbonyl (C=O) groups is 2. The summed E-state index contributed by atoms with van der Waals surface area (Å²) in [5.41, 5.74) is 2.60. The van der Waals surface area contributed by atoms with E-state index in [1.165, 1.54) is 0 Å². The minimum atomic E-state index is -1.03. The van der Waals surface area contributed by atoms with Gasteiger partial charge in [-0.1, -0.05) is 0 Å². The summed E-state index contributed by atoms with van der Waals surface area (Å²) in [7, 11) is 0. The Kier molecular flexibility index (Phi) is 5.64. The summed E-state index contributed by atoms with van der Waals surface area (Å²) >= 11 is 0. The Balaban J connectivity index is 1.43. The number of carbonyl (C=O) groups excluding carboxylic acids is 1. The minimum Gasteiger partial charge on any atom is -0.465 e. The van der Waals surface area contributed by atoms with Crippen molar-refractivity contribution < 1.29 is 19.1 Å². The van der Waals surface area contributed by atoms with Crippen LogP contribution in [0.5, 0.6) is 0 Å². The highest BCUT2D eigenvalue weighted by Gasteiger charge is 2.23. The summed E-state index contributed by atoms with van der Waals surface area (Å²) in [4.78, 5) is 32.4. The molecule has 3 heterocycles. The molecule has 0 spiro atoms. The van der Waals surface area contributed by atoms with Crippen LogP contribution in [0.15, 0.2) is 24.4 Å². The Hall–Kier alpha value is -3.43. The Bertz CT molecular complexity index is 962. The summed E-state index contributed by atoms with van der Waals surface area (Å²) in [5, 5.41) is 17.1. The van der Waals surface area contributed by atoms with Gasteiger partial charge in [0.2, 0.25) is 11.9 Å². The topological polar surface area (TPSA) is 119 Å². The predicted octanol–water partition coefficient (Wildman–Crippen LogP) is 2.73. The van der Waals surface area contributed by atoms with Gasteiger partial charge in [-0.2, -0.15) is 4.98 Å². The molecule has 1 fully saturated rings. The highest BCUT2D eigenvalue weighted by atomic mass is 19.1. The van der Waals surface area contributed by atoms with Crippen molar-refractivity contribution >= 4 is 35.1 Å². The number of benzene rings is 1. The normalized spacial score (nSPS) is 16.6. The molecule has 0 bridgehead atoms. The van der Waals surface area contributed by atoms with Gasteiger partial charge in [-0.05, 0) is 48.9 Å². The summed E-state index contributed by atoms with van der Waals surface area (Å²) in [6, 6.07) is 5.58. The van der Waals surface area contributed by atoms with Crippen molar-refractivity contribution in [1.82, 2.24) is 15.3 Å². The molecule has 4 rings (SSSR count). The van der Waals surface area contributed by atoms with Gasteiger partial charge in [0.05, 0.1) is 6.20 Å². The van der Waals surface area contributed by atoms with Crippen LogP contribution in [0.1, 0.15) is 24.8 Å². The maximum absolute atomic E-state index is 14.4. The minimum absolute atomic E-state index is 0.0113. The van der Waals surface area contributed by atoms with Gasteiger partial charge in [-0.3, -0.25) is 4.79 Å². The van der Waals surface area contributed by atoms with E-state index in [-0.39, 0.29) is 17.6 Å². The van der Waals surface area contributed by atoms with E-state index in [2.05, 4.69) is 25.9 Å². The molecule has 2 amide bonds. The van der Waals surface area contributed by atoms with Crippen LogP contribution in [0.2, 0.25) is 0 Å². The fraction of sp³-hybridized carbons (Fsp3) is 0.400. The van der Waals surface area contributed by atoms with Crippen molar-refractivity contribution in [3.05, 3.63) is 35.8 Å². The van der Waals surface area contributed by atoms with E-state index in [0.29, 0.717) is 38.4 Å². The van der Waals surface area contributed by atoms with Crippen LogP contribution in [0.4, 0.5) is 32.3 Å². The lowest BCUT2D eigenvalue weighted by molar-refractivity contribution is -0.116. The Morgan fingerprint density at radius 1 is 1.30 bits per heavy atom. The van der Waals surface area contributed by atoms with Crippen LogP contribution in [-0.2, 0) is 11.2 Å². The number of carboxylic acid groups (broad SMARTS) is 1. The largest absolute Gasteiger partial charge is 0.465 e. The van der Waals surface area contributed by atoms with Crippen molar-refractivity contribution in [2.24, 2.45) is 5.92 Å². The lowest BCUT2D eigenvalue weighted by atomic mass is 9.97. The van der Waals surface area contributed by atoms with Gasteiger partial charge in [-0.15, -0.1) is 0 Å². The average molecular weight is 414 g/mol. The van der Waals surface area contributed by atoms with Gasteiger partial charge in [0.25, 0.3) is 0 Å². The molecule has 2 aliphatic rings. The molecule has 10 heteroatoms. The number of anilines is 4. The van der Waals surface area contributed by atoms with Crippen molar-refractivity contribution in [3.63, 3.8) is 0 Å². The highest BCUT2D eigenvalue weighted by Crippen LogP contribution is 2.28. The Morgan fingerprint density at radius 3 is 2.87 bits per heavy atom. The molecule has 9 nitrogen and oxygen atoms in total. The van der Waals surface area contributed by atoms with E-state index in [0.717, 1.165) is 36.0 Å². The lowest BCUT2D eigenvalue weighted by Crippen LogP contribution is -2.39. The third kappa shape index (κ3) is 4.58. The van der Waals surface area contributed by atoms with Crippen molar-refractivity contribution in [3.8, 4) is 0 Å². The maximum atomic E-state index is 14.4. The SMILES string of the molecule is O=C(O)NCC1CCN(c2nc(Nc3ccc4c(c3)CCC(=O)N4)ncc2F)CC1. The first-order valence-corrected chi connectivity index (χ1v) is 9.92. The summed E-state index contributed by atoms with van der Waals surface area (Å²) < 4.78 is 14.4. The number of hydrogen-bond donors (Lipinski definition) is 4. The van der Waals surface area contributed by atoms with Gasteiger partial charge in [0.15, 0.2) is 11.6 Å². The smallest absolute Gasteiger partial charge is 0.404 e. The fourth-order valence-corrected chi connectivity index (χ4v) is 3.81. The van der Waals surface area contributed by atoms with Crippen LogP contribution in [0.3, 0.4) is 0 Å². The van der Waals surface area contributed by atoms with Gasteiger partial charge in [0, 0.05) is 37.4 Å². The van der Waals surface area contributed by atoms with Crippen LogP contribution in [0, 0.1) is 11.7 Å². The number of aromatic nitrogens is 2. The van der Waals surface area contributed by atoms with Crippen molar-refractivity contribution in [2.45, 2.75) is 25.7 Å². The molecule has 0 atom stereocenters. The zero-order valence-corrected chi connectivity index (χ0v) is 16.3. The third-order valence-corrected chi connectivity index (χ3v) is 5.44.